The van der Waals surface area contributed by atoms with Crippen LogP contribution < -0.4 is 5.56 Å². The Morgan fingerprint density at radius 3 is 2.65 bits per heavy atom. The van der Waals surface area contributed by atoms with Gasteiger partial charge in [0.05, 0.1) is 5.69 Å². The Bertz CT molecular complexity index is 637. The van der Waals surface area contributed by atoms with E-state index < -0.39 is 0 Å². The first-order valence-electron chi connectivity index (χ1n) is 5.02. The van der Waals surface area contributed by atoms with Crippen LogP contribution in [0.25, 0.3) is 11.4 Å². The monoisotopic (exact) mass is 296 g/mol. The molecule has 0 fully saturated rings. The van der Waals surface area contributed by atoms with Crippen LogP contribution >= 0.6 is 15.9 Å². The van der Waals surface area contributed by atoms with Crippen LogP contribution in [-0.2, 0) is 0 Å². The standard InChI is InChI=1S/C12H10BrFN2O/c1-6-5-8(14)3-4-9(6)11-15-7(2)10(13)12(17)16-11/h3-5H,1-2H3,(H,15,16,17). The van der Waals surface area contributed by atoms with Crippen LogP contribution in [0.2, 0.25) is 0 Å². The molecule has 0 atom stereocenters. The summed E-state index contributed by atoms with van der Waals surface area (Å²) in [6.07, 6.45) is 0. The first-order chi connectivity index (χ1) is 7.99. The van der Waals surface area contributed by atoms with E-state index in [9.17, 15) is 9.18 Å². The molecule has 0 amide bonds. The fraction of sp³-hybridized carbons (Fsp3) is 0.167. The first kappa shape index (κ1) is 12.0. The zero-order valence-corrected chi connectivity index (χ0v) is 10.9. The lowest BCUT2D eigenvalue weighted by Gasteiger charge is -2.06. The summed E-state index contributed by atoms with van der Waals surface area (Å²) in [6, 6.07) is 4.36. The molecular formula is C12H10BrFN2O. The Hall–Kier alpha value is -1.49. The highest BCUT2D eigenvalue weighted by atomic mass is 79.9. The average Bonchev–Trinajstić information content (AvgIpc) is 2.25. The fourth-order valence-corrected chi connectivity index (χ4v) is 1.78. The molecule has 0 aliphatic carbocycles. The lowest BCUT2D eigenvalue weighted by molar-refractivity contribution is 0.627. The zero-order valence-electron chi connectivity index (χ0n) is 9.34. The summed E-state index contributed by atoms with van der Waals surface area (Å²) in [4.78, 5) is 18.5. The molecule has 2 aromatic rings. The summed E-state index contributed by atoms with van der Waals surface area (Å²) in [5.41, 5.74) is 1.82. The van der Waals surface area contributed by atoms with Gasteiger partial charge in [-0.1, -0.05) is 0 Å². The maximum Gasteiger partial charge on any atom is 0.265 e. The third-order valence-corrected chi connectivity index (χ3v) is 3.41. The van der Waals surface area contributed by atoms with Crippen LogP contribution in [0.15, 0.2) is 27.5 Å². The number of aryl methyl sites for hydroxylation is 2. The van der Waals surface area contributed by atoms with Crippen molar-refractivity contribution in [3.8, 4) is 11.4 Å². The molecule has 1 N–H and O–H groups in total. The second-order valence-corrected chi connectivity index (χ2v) is 4.57. The minimum absolute atomic E-state index is 0.240. The highest BCUT2D eigenvalue weighted by Gasteiger charge is 2.09. The summed E-state index contributed by atoms with van der Waals surface area (Å²) in [7, 11) is 0. The number of nitrogens with one attached hydrogen (secondary N) is 1. The van der Waals surface area contributed by atoms with E-state index in [4.69, 9.17) is 0 Å². The van der Waals surface area contributed by atoms with Gasteiger partial charge in [0.15, 0.2) is 0 Å². The van der Waals surface area contributed by atoms with E-state index in [2.05, 4.69) is 25.9 Å². The van der Waals surface area contributed by atoms with E-state index in [1.165, 1.54) is 12.1 Å². The largest absolute Gasteiger partial charge is 0.306 e. The number of H-pyrrole nitrogens is 1. The SMILES string of the molecule is Cc1cc(F)ccc1-c1nc(C)c(Br)c(=O)[nH]1. The molecule has 3 nitrogen and oxygen atoms in total. The van der Waals surface area contributed by atoms with Gasteiger partial charge in [-0.15, -0.1) is 0 Å². The van der Waals surface area contributed by atoms with E-state index in [1.54, 1.807) is 19.9 Å². The van der Waals surface area contributed by atoms with Crippen molar-refractivity contribution < 1.29 is 4.39 Å². The van der Waals surface area contributed by atoms with Gasteiger partial charge in [0.2, 0.25) is 0 Å². The Morgan fingerprint density at radius 2 is 2.06 bits per heavy atom. The maximum absolute atomic E-state index is 13.0. The number of nitrogens with zero attached hydrogens (tertiary/aromatic N) is 1. The van der Waals surface area contributed by atoms with Gasteiger partial charge in [-0.3, -0.25) is 4.79 Å². The van der Waals surface area contributed by atoms with Crippen LogP contribution in [0.5, 0.6) is 0 Å². The molecule has 0 aliphatic heterocycles. The summed E-state index contributed by atoms with van der Waals surface area (Å²) in [5.74, 6) is 0.149. The van der Waals surface area contributed by atoms with Crippen molar-refractivity contribution in [3.05, 3.63) is 50.1 Å². The quantitative estimate of drug-likeness (QED) is 0.879. The van der Waals surface area contributed by atoms with Crippen LogP contribution in [0.3, 0.4) is 0 Å². The molecule has 0 saturated carbocycles. The minimum Gasteiger partial charge on any atom is -0.306 e. The molecule has 2 rings (SSSR count). The van der Waals surface area contributed by atoms with Gasteiger partial charge in [-0.05, 0) is 53.5 Å². The van der Waals surface area contributed by atoms with Crippen molar-refractivity contribution in [2.24, 2.45) is 0 Å². The van der Waals surface area contributed by atoms with Crippen LogP contribution in [0.4, 0.5) is 4.39 Å². The number of aromatic nitrogens is 2. The normalized spacial score (nSPS) is 10.6. The van der Waals surface area contributed by atoms with E-state index in [-0.39, 0.29) is 11.4 Å². The van der Waals surface area contributed by atoms with Crippen molar-refractivity contribution in [1.29, 1.82) is 0 Å². The van der Waals surface area contributed by atoms with Gasteiger partial charge in [-0.2, -0.15) is 0 Å². The average molecular weight is 297 g/mol. The van der Waals surface area contributed by atoms with E-state index >= 15 is 0 Å². The topological polar surface area (TPSA) is 45.8 Å². The predicted molar refractivity (Wildman–Crippen MR) is 67.4 cm³/mol. The number of halogens is 2. The van der Waals surface area contributed by atoms with Gasteiger partial charge < -0.3 is 4.98 Å². The van der Waals surface area contributed by atoms with Crippen LogP contribution in [0.1, 0.15) is 11.3 Å². The number of benzene rings is 1. The number of hydrogen-bond acceptors (Lipinski definition) is 2. The molecule has 0 unspecified atom stereocenters. The van der Waals surface area contributed by atoms with Crippen molar-refractivity contribution in [3.63, 3.8) is 0 Å². The summed E-state index contributed by atoms with van der Waals surface area (Å²) in [5, 5.41) is 0. The van der Waals surface area contributed by atoms with Crippen molar-refractivity contribution in [2.75, 3.05) is 0 Å². The molecule has 1 aromatic carbocycles. The summed E-state index contributed by atoms with van der Waals surface area (Å²) in [6.45, 7) is 3.51. The van der Waals surface area contributed by atoms with Crippen molar-refractivity contribution in [1.82, 2.24) is 9.97 Å². The first-order valence-corrected chi connectivity index (χ1v) is 5.81. The third-order valence-electron chi connectivity index (χ3n) is 2.47. The summed E-state index contributed by atoms with van der Waals surface area (Å²) < 4.78 is 13.4. The Morgan fingerprint density at radius 1 is 1.35 bits per heavy atom. The molecule has 1 heterocycles. The maximum atomic E-state index is 13.0. The van der Waals surface area contributed by atoms with Gasteiger partial charge in [0, 0.05) is 5.56 Å². The zero-order chi connectivity index (χ0) is 12.6. The van der Waals surface area contributed by atoms with Gasteiger partial charge >= 0.3 is 0 Å². The molecule has 5 heteroatoms. The molecule has 0 radical (unpaired) electrons. The summed E-state index contributed by atoms with van der Waals surface area (Å²) >= 11 is 3.15. The minimum atomic E-state index is -0.303. The lowest BCUT2D eigenvalue weighted by Crippen LogP contribution is -2.12. The predicted octanol–water partition coefficient (Wildman–Crippen LogP) is 2.96. The highest BCUT2D eigenvalue weighted by molar-refractivity contribution is 9.10. The number of rotatable bonds is 1. The van der Waals surface area contributed by atoms with E-state index in [0.717, 1.165) is 11.1 Å². The Kier molecular flexibility index (Phi) is 3.11. The van der Waals surface area contributed by atoms with Gasteiger partial charge in [0.25, 0.3) is 5.56 Å². The number of hydrogen-bond donors (Lipinski definition) is 1. The molecule has 88 valence electrons. The molecule has 0 bridgehead atoms. The fourth-order valence-electron chi connectivity index (χ4n) is 1.59. The molecule has 1 aromatic heterocycles. The van der Waals surface area contributed by atoms with Crippen LogP contribution in [0, 0.1) is 19.7 Å². The van der Waals surface area contributed by atoms with Crippen LogP contribution in [-0.4, -0.2) is 9.97 Å². The van der Waals surface area contributed by atoms with Crippen molar-refractivity contribution in [2.45, 2.75) is 13.8 Å². The smallest absolute Gasteiger partial charge is 0.265 e. The molecule has 0 saturated heterocycles. The third kappa shape index (κ3) is 2.29. The van der Waals surface area contributed by atoms with E-state index in [1.807, 2.05) is 0 Å². The highest BCUT2D eigenvalue weighted by Crippen LogP contribution is 2.21. The number of aromatic amines is 1. The molecule has 0 aliphatic rings. The second-order valence-electron chi connectivity index (χ2n) is 3.77. The van der Waals surface area contributed by atoms with Gasteiger partial charge in [-0.25, -0.2) is 9.37 Å². The second kappa shape index (κ2) is 4.41. The molecular weight excluding hydrogens is 287 g/mol. The molecule has 0 spiro atoms. The Labute approximate surface area is 106 Å². The Balaban J connectivity index is 2.65. The lowest BCUT2D eigenvalue weighted by atomic mass is 10.1. The van der Waals surface area contributed by atoms with Crippen molar-refractivity contribution >= 4 is 15.9 Å². The van der Waals surface area contributed by atoms with E-state index in [0.29, 0.717) is 16.0 Å². The van der Waals surface area contributed by atoms with Gasteiger partial charge in [0.1, 0.15) is 16.1 Å². The molecule has 17 heavy (non-hydrogen) atoms.